The van der Waals surface area contributed by atoms with Gasteiger partial charge in [0.2, 0.25) is 0 Å². The van der Waals surface area contributed by atoms with Gasteiger partial charge in [0, 0.05) is 6.08 Å². The van der Waals surface area contributed by atoms with Crippen LogP contribution in [0.3, 0.4) is 0 Å². The SMILES string of the molecule is CCCCCC(O)CC.COOC(=O)C=Cc1ccccc1. The summed E-state index contributed by atoms with van der Waals surface area (Å²) in [4.78, 5) is 19.2. The Morgan fingerprint density at radius 3 is 2.45 bits per heavy atom. The van der Waals surface area contributed by atoms with Crippen molar-refractivity contribution in [1.29, 1.82) is 0 Å². The first-order valence-electron chi connectivity index (χ1n) is 7.79. The minimum absolute atomic E-state index is 0.0449. The Hall–Kier alpha value is -1.65. The van der Waals surface area contributed by atoms with E-state index in [0.29, 0.717) is 0 Å². The highest BCUT2D eigenvalue weighted by Gasteiger charge is 1.97. The van der Waals surface area contributed by atoms with Gasteiger partial charge in [0.1, 0.15) is 0 Å². The number of hydrogen-bond donors (Lipinski definition) is 1. The molecule has 1 aromatic rings. The summed E-state index contributed by atoms with van der Waals surface area (Å²) in [6, 6.07) is 9.46. The lowest BCUT2D eigenvalue weighted by molar-refractivity contribution is -0.249. The molecule has 4 nitrogen and oxygen atoms in total. The number of rotatable bonds is 8. The molecule has 1 rings (SSSR count). The summed E-state index contributed by atoms with van der Waals surface area (Å²) in [6.45, 7) is 4.20. The van der Waals surface area contributed by atoms with E-state index in [0.717, 1.165) is 18.4 Å². The number of carbonyl (C=O) groups excluding carboxylic acids is 1. The minimum atomic E-state index is -0.522. The molecular formula is C18H28O4. The maximum atomic E-state index is 10.8. The van der Waals surface area contributed by atoms with Crippen molar-refractivity contribution < 1.29 is 19.7 Å². The Morgan fingerprint density at radius 1 is 1.23 bits per heavy atom. The van der Waals surface area contributed by atoms with Crippen LogP contribution in [0.1, 0.15) is 51.5 Å². The Labute approximate surface area is 133 Å². The topological polar surface area (TPSA) is 55.8 Å². The zero-order valence-corrected chi connectivity index (χ0v) is 13.8. The number of unbranched alkanes of at least 4 members (excludes halogenated alkanes) is 2. The molecule has 0 fully saturated rings. The first kappa shape index (κ1) is 20.3. The molecule has 0 saturated carbocycles. The zero-order chi connectivity index (χ0) is 16.6. The second-order valence-corrected chi connectivity index (χ2v) is 4.87. The van der Waals surface area contributed by atoms with E-state index in [1.807, 2.05) is 37.3 Å². The highest BCUT2D eigenvalue weighted by Crippen LogP contribution is 2.04. The number of hydrogen-bond acceptors (Lipinski definition) is 4. The third kappa shape index (κ3) is 12.1. The summed E-state index contributed by atoms with van der Waals surface area (Å²) < 4.78 is 0. The lowest BCUT2D eigenvalue weighted by Gasteiger charge is -2.04. The van der Waals surface area contributed by atoms with Crippen molar-refractivity contribution in [2.75, 3.05) is 7.11 Å². The number of aliphatic hydroxyl groups is 1. The molecule has 0 aliphatic heterocycles. The van der Waals surface area contributed by atoms with Gasteiger partial charge in [-0.05, 0) is 24.5 Å². The van der Waals surface area contributed by atoms with Gasteiger partial charge < -0.3 is 5.11 Å². The van der Waals surface area contributed by atoms with Gasteiger partial charge in [-0.15, -0.1) is 0 Å². The zero-order valence-electron chi connectivity index (χ0n) is 13.8. The predicted molar refractivity (Wildman–Crippen MR) is 89.0 cm³/mol. The highest BCUT2D eigenvalue weighted by molar-refractivity contribution is 5.86. The molecular weight excluding hydrogens is 280 g/mol. The van der Waals surface area contributed by atoms with Gasteiger partial charge in [-0.25, -0.2) is 4.79 Å². The van der Waals surface area contributed by atoms with Gasteiger partial charge in [0.05, 0.1) is 13.2 Å². The molecule has 0 spiro atoms. The Bertz CT molecular complexity index is 401. The maximum absolute atomic E-state index is 10.8. The third-order valence-electron chi connectivity index (χ3n) is 2.99. The van der Waals surface area contributed by atoms with Crippen molar-refractivity contribution in [3.8, 4) is 0 Å². The van der Waals surface area contributed by atoms with Gasteiger partial charge >= 0.3 is 5.97 Å². The van der Waals surface area contributed by atoms with E-state index in [-0.39, 0.29) is 6.10 Å². The fourth-order valence-electron chi connectivity index (χ4n) is 1.67. The van der Waals surface area contributed by atoms with Crippen LogP contribution in [0.4, 0.5) is 0 Å². The Balaban J connectivity index is 0.000000433. The Kier molecular flexibility index (Phi) is 13.2. The van der Waals surface area contributed by atoms with Crippen molar-refractivity contribution in [3.05, 3.63) is 42.0 Å². The van der Waals surface area contributed by atoms with E-state index in [1.165, 1.54) is 32.4 Å². The van der Waals surface area contributed by atoms with Crippen molar-refractivity contribution in [3.63, 3.8) is 0 Å². The van der Waals surface area contributed by atoms with E-state index in [2.05, 4.69) is 16.7 Å². The first-order valence-corrected chi connectivity index (χ1v) is 7.79. The van der Waals surface area contributed by atoms with Crippen LogP contribution >= 0.6 is 0 Å². The van der Waals surface area contributed by atoms with Gasteiger partial charge in [0.25, 0.3) is 0 Å². The fourth-order valence-corrected chi connectivity index (χ4v) is 1.67. The van der Waals surface area contributed by atoms with E-state index in [4.69, 9.17) is 5.11 Å². The third-order valence-corrected chi connectivity index (χ3v) is 2.99. The predicted octanol–water partition coefficient (Wildman–Crippen LogP) is 4.14. The quantitative estimate of drug-likeness (QED) is 0.339. The number of aliphatic hydroxyl groups excluding tert-OH is 1. The van der Waals surface area contributed by atoms with E-state index >= 15 is 0 Å². The standard InChI is InChI=1S/C10H10O3.C8H18O/c1-12-13-10(11)8-7-9-5-3-2-4-6-9;1-3-5-6-7-8(9)4-2/h2-8H,1H3;8-9H,3-7H2,1-2H3. The molecule has 4 heteroatoms. The lowest BCUT2D eigenvalue weighted by atomic mass is 10.1. The summed E-state index contributed by atoms with van der Waals surface area (Å²) >= 11 is 0. The molecule has 0 aliphatic carbocycles. The molecule has 1 N–H and O–H groups in total. The second-order valence-electron chi connectivity index (χ2n) is 4.87. The molecule has 0 amide bonds. The number of carbonyl (C=O) groups is 1. The first-order chi connectivity index (χ1) is 10.6. The smallest absolute Gasteiger partial charge is 0.365 e. The molecule has 0 aromatic heterocycles. The van der Waals surface area contributed by atoms with Gasteiger partial charge in [-0.2, -0.15) is 4.89 Å². The van der Waals surface area contributed by atoms with Crippen LogP contribution < -0.4 is 0 Å². The van der Waals surface area contributed by atoms with Gasteiger partial charge in [-0.3, -0.25) is 4.89 Å². The van der Waals surface area contributed by atoms with Crippen LogP contribution in [0.5, 0.6) is 0 Å². The van der Waals surface area contributed by atoms with Crippen LogP contribution in [0.2, 0.25) is 0 Å². The van der Waals surface area contributed by atoms with Crippen molar-refractivity contribution in [2.24, 2.45) is 0 Å². The van der Waals surface area contributed by atoms with Crippen LogP contribution in [0, 0.1) is 0 Å². The minimum Gasteiger partial charge on any atom is -0.393 e. The van der Waals surface area contributed by atoms with Crippen molar-refractivity contribution in [2.45, 2.75) is 52.1 Å². The van der Waals surface area contributed by atoms with E-state index in [1.54, 1.807) is 6.08 Å². The molecule has 124 valence electrons. The largest absolute Gasteiger partial charge is 0.393 e. The molecule has 1 atom stereocenters. The molecule has 1 unspecified atom stereocenters. The van der Waals surface area contributed by atoms with Crippen LogP contribution in [0.25, 0.3) is 6.08 Å². The average Bonchev–Trinajstić information content (AvgIpc) is 2.55. The molecule has 0 heterocycles. The molecule has 1 aromatic carbocycles. The lowest BCUT2D eigenvalue weighted by Crippen LogP contribution is -2.02. The van der Waals surface area contributed by atoms with Gasteiger partial charge in [-0.1, -0.05) is 63.4 Å². The summed E-state index contributed by atoms with van der Waals surface area (Å²) in [6.07, 6.45) is 8.50. The van der Waals surface area contributed by atoms with Crippen LogP contribution in [-0.4, -0.2) is 24.3 Å². The second kappa shape index (κ2) is 14.3. The molecule has 0 saturated heterocycles. The van der Waals surface area contributed by atoms with Crippen molar-refractivity contribution in [1.82, 2.24) is 0 Å². The monoisotopic (exact) mass is 308 g/mol. The van der Waals surface area contributed by atoms with Gasteiger partial charge in [0.15, 0.2) is 0 Å². The summed E-state index contributed by atoms with van der Waals surface area (Å²) in [7, 11) is 1.29. The van der Waals surface area contributed by atoms with Crippen LogP contribution in [-0.2, 0) is 14.6 Å². The Morgan fingerprint density at radius 2 is 1.91 bits per heavy atom. The molecule has 0 radical (unpaired) electrons. The molecule has 0 bridgehead atoms. The van der Waals surface area contributed by atoms with Crippen LogP contribution in [0.15, 0.2) is 36.4 Å². The molecule has 0 aliphatic rings. The maximum Gasteiger partial charge on any atom is 0.365 e. The average molecular weight is 308 g/mol. The van der Waals surface area contributed by atoms with Crippen molar-refractivity contribution >= 4 is 12.0 Å². The van der Waals surface area contributed by atoms with E-state index < -0.39 is 5.97 Å². The fraction of sp³-hybridized carbons (Fsp3) is 0.500. The molecule has 22 heavy (non-hydrogen) atoms. The highest BCUT2D eigenvalue weighted by atomic mass is 17.2. The summed E-state index contributed by atoms with van der Waals surface area (Å²) in [5.41, 5.74) is 0.940. The summed E-state index contributed by atoms with van der Waals surface area (Å²) in [5.74, 6) is -0.522. The number of benzene rings is 1. The normalized spacial score (nSPS) is 11.6. The summed E-state index contributed by atoms with van der Waals surface area (Å²) in [5, 5.41) is 9.08. The van der Waals surface area contributed by atoms with E-state index in [9.17, 15) is 4.79 Å².